The zero-order valence-electron chi connectivity index (χ0n) is 23.9. The Kier molecular flexibility index (Phi) is 7.49. The van der Waals surface area contributed by atoms with Crippen molar-refractivity contribution in [1.29, 1.82) is 0 Å². The van der Waals surface area contributed by atoms with E-state index in [1.807, 2.05) is 0 Å². The number of fused-ring (bicyclic) bond motifs is 3. The van der Waals surface area contributed by atoms with Gasteiger partial charge in [0, 0.05) is 20.3 Å². The average Bonchev–Trinajstić information content (AvgIpc) is 3.20. The Balaban J connectivity index is 1.41. The molecule has 1 aliphatic heterocycles. The molecule has 1 saturated heterocycles. The van der Waals surface area contributed by atoms with E-state index >= 15 is 0 Å². The van der Waals surface area contributed by atoms with Crippen LogP contribution in [0.5, 0.6) is 0 Å². The number of carbonyl (C=O) groups excluding carboxylic acids is 2. The third kappa shape index (κ3) is 4.37. The quantitative estimate of drug-likeness (QED) is 0.253. The topological polar surface area (TPSA) is 61.8 Å². The van der Waals surface area contributed by atoms with Gasteiger partial charge in [0.05, 0.1) is 16.4 Å². The summed E-state index contributed by atoms with van der Waals surface area (Å²) in [5, 5.41) is 0. The molecule has 4 aliphatic carbocycles. The zero-order valence-corrected chi connectivity index (χ0v) is 24.6. The third-order valence-electron chi connectivity index (χ3n) is 11.8. The summed E-state index contributed by atoms with van der Waals surface area (Å²) in [6, 6.07) is 0. The molecule has 0 aromatic carbocycles. The second-order valence-corrected chi connectivity index (χ2v) is 14.8. The van der Waals surface area contributed by atoms with E-state index in [2.05, 4.69) is 27.7 Å². The molecule has 2 bridgehead atoms. The van der Waals surface area contributed by atoms with Crippen LogP contribution in [-0.2, 0) is 23.8 Å². The highest BCUT2D eigenvalue weighted by Crippen LogP contribution is 2.74. The zero-order chi connectivity index (χ0) is 26.8. The van der Waals surface area contributed by atoms with Crippen LogP contribution in [0.3, 0.4) is 0 Å². The number of hydrogen-bond donors (Lipinski definition) is 0. The lowest BCUT2D eigenvalue weighted by Crippen LogP contribution is -2.65. The minimum atomic E-state index is -0.664. The Morgan fingerprint density at radius 3 is 2.38 bits per heavy atom. The normalized spacial score (nSPS) is 47.1. The van der Waals surface area contributed by atoms with Gasteiger partial charge in [-0.1, -0.05) is 47.0 Å². The minimum absolute atomic E-state index is 0.178. The number of esters is 2. The predicted molar refractivity (Wildman–Crippen MR) is 144 cm³/mol. The lowest BCUT2D eigenvalue weighted by molar-refractivity contribution is -0.203. The van der Waals surface area contributed by atoms with Crippen molar-refractivity contribution in [2.45, 2.75) is 136 Å². The average molecular weight is 537 g/mol. The Morgan fingerprint density at radius 1 is 0.973 bits per heavy atom. The van der Waals surface area contributed by atoms with Crippen LogP contribution in [0.1, 0.15) is 112 Å². The number of alkyl halides is 1. The van der Waals surface area contributed by atoms with Crippen molar-refractivity contribution in [3.63, 3.8) is 0 Å². The molecule has 6 heteroatoms. The monoisotopic (exact) mass is 536 g/mol. The maximum Gasteiger partial charge on any atom is 0.304 e. The second kappa shape index (κ2) is 9.98. The van der Waals surface area contributed by atoms with Gasteiger partial charge in [-0.2, -0.15) is 0 Å². The van der Waals surface area contributed by atoms with Gasteiger partial charge in [-0.3, -0.25) is 9.59 Å². The van der Waals surface area contributed by atoms with Crippen LogP contribution in [-0.4, -0.2) is 35.3 Å². The molecule has 0 radical (unpaired) electrons. The molecule has 0 amide bonds. The summed E-state index contributed by atoms with van der Waals surface area (Å²) in [6.45, 7) is 12.7. The third-order valence-corrected chi connectivity index (χ3v) is 12.5. The SMILES string of the molecule is CC(=O)O[C@H]1CC[C@]23[C@H](OC(C)=O)O[C@H](C[C@H]4[C@H]2CC[C@]2(C)[C@@H]([C@@H](C)CCCC(C)C)CC[C@@H]42)[C@@]3(Cl)C1. The first-order valence-corrected chi connectivity index (χ1v) is 15.5. The van der Waals surface area contributed by atoms with E-state index in [4.69, 9.17) is 25.8 Å². The minimum Gasteiger partial charge on any atom is -0.462 e. The molecule has 1 heterocycles. The van der Waals surface area contributed by atoms with E-state index in [1.54, 1.807) is 0 Å². The van der Waals surface area contributed by atoms with E-state index in [-0.39, 0.29) is 24.1 Å². The Bertz CT molecular complexity index is 891. The maximum atomic E-state index is 12.2. The molecule has 0 spiro atoms. The lowest BCUT2D eigenvalue weighted by atomic mass is 9.43. The molecule has 37 heavy (non-hydrogen) atoms. The summed E-state index contributed by atoms with van der Waals surface area (Å²) >= 11 is 7.64. The second-order valence-electron chi connectivity index (χ2n) is 14.1. The van der Waals surface area contributed by atoms with Crippen LogP contribution in [0.25, 0.3) is 0 Å². The summed E-state index contributed by atoms with van der Waals surface area (Å²) < 4.78 is 18.2. The molecule has 11 atom stereocenters. The molecular formula is C31H49ClO5. The number of carbonyl (C=O) groups is 2. The molecule has 210 valence electrons. The molecule has 0 N–H and O–H groups in total. The molecule has 5 aliphatic rings. The van der Waals surface area contributed by atoms with E-state index in [1.165, 1.54) is 52.4 Å². The predicted octanol–water partition coefficient (Wildman–Crippen LogP) is 7.28. The Labute approximate surface area is 229 Å². The van der Waals surface area contributed by atoms with Gasteiger partial charge in [0.25, 0.3) is 0 Å². The first kappa shape index (κ1) is 27.7. The maximum absolute atomic E-state index is 12.2. The highest BCUT2D eigenvalue weighted by molar-refractivity contribution is 6.25. The van der Waals surface area contributed by atoms with Crippen LogP contribution < -0.4 is 0 Å². The number of hydrogen-bond acceptors (Lipinski definition) is 5. The van der Waals surface area contributed by atoms with Gasteiger partial charge in [-0.05, 0) is 85.9 Å². The van der Waals surface area contributed by atoms with Gasteiger partial charge in [0.15, 0.2) is 0 Å². The van der Waals surface area contributed by atoms with Crippen molar-refractivity contribution in [2.24, 2.45) is 46.3 Å². The standard InChI is InChI=1S/C31H49ClO5/c1-18(2)8-7-9-19(3)24-10-11-25-23-16-27-31(32)17-22(35-20(4)33)12-15-30(31,28(37-27)36-21(5)34)26(23)13-14-29(24,25)6/h18-19,22-28H,7-17H2,1-6H3/t19-,22-,23+,24+,25-,26+,27+,28+,29+,30+,31-/m0/s1. The number of ether oxygens (including phenoxy) is 3. The van der Waals surface area contributed by atoms with Gasteiger partial charge in [0.1, 0.15) is 6.10 Å². The molecule has 0 aromatic heterocycles. The van der Waals surface area contributed by atoms with Crippen LogP contribution in [0, 0.1) is 46.3 Å². The molecular weight excluding hydrogens is 488 g/mol. The summed E-state index contributed by atoms with van der Waals surface area (Å²) in [7, 11) is 0. The Morgan fingerprint density at radius 2 is 1.70 bits per heavy atom. The molecule has 5 fully saturated rings. The van der Waals surface area contributed by atoms with E-state index in [9.17, 15) is 9.59 Å². The fraction of sp³-hybridized carbons (Fsp3) is 0.935. The first-order chi connectivity index (χ1) is 17.4. The van der Waals surface area contributed by atoms with Gasteiger partial charge in [0.2, 0.25) is 6.29 Å². The molecule has 5 rings (SSSR count). The van der Waals surface area contributed by atoms with Crippen LogP contribution in [0.15, 0.2) is 0 Å². The van der Waals surface area contributed by atoms with Crippen molar-refractivity contribution >= 4 is 23.5 Å². The first-order valence-electron chi connectivity index (χ1n) is 15.1. The summed E-state index contributed by atoms with van der Waals surface area (Å²) in [5.41, 5.74) is -0.0422. The molecule has 0 unspecified atom stereocenters. The van der Waals surface area contributed by atoms with Crippen LogP contribution in [0.4, 0.5) is 0 Å². The number of rotatable bonds is 7. The summed E-state index contributed by atoms with van der Waals surface area (Å²) in [5.74, 6) is 3.37. The van der Waals surface area contributed by atoms with Gasteiger partial charge in [-0.15, -0.1) is 11.6 Å². The largest absolute Gasteiger partial charge is 0.462 e. The van der Waals surface area contributed by atoms with Crippen LogP contribution >= 0.6 is 11.6 Å². The van der Waals surface area contributed by atoms with E-state index < -0.39 is 16.6 Å². The van der Waals surface area contributed by atoms with E-state index in [0.29, 0.717) is 29.6 Å². The summed E-state index contributed by atoms with van der Waals surface area (Å²) in [6.07, 6.45) is 11.0. The van der Waals surface area contributed by atoms with Crippen LogP contribution in [0.2, 0.25) is 0 Å². The van der Waals surface area contributed by atoms with Crippen molar-refractivity contribution in [1.82, 2.24) is 0 Å². The van der Waals surface area contributed by atoms with Gasteiger partial charge in [-0.25, -0.2) is 0 Å². The van der Waals surface area contributed by atoms with E-state index in [0.717, 1.165) is 43.4 Å². The van der Waals surface area contributed by atoms with Crippen molar-refractivity contribution in [3.8, 4) is 0 Å². The lowest BCUT2D eigenvalue weighted by Gasteiger charge is -2.62. The summed E-state index contributed by atoms with van der Waals surface area (Å²) in [4.78, 5) is 23.3. The van der Waals surface area contributed by atoms with Crippen molar-refractivity contribution in [2.75, 3.05) is 0 Å². The Hall–Kier alpha value is -0.810. The van der Waals surface area contributed by atoms with Gasteiger partial charge < -0.3 is 14.2 Å². The number of halogens is 1. The fourth-order valence-corrected chi connectivity index (χ4v) is 11.0. The van der Waals surface area contributed by atoms with Gasteiger partial charge >= 0.3 is 11.9 Å². The molecule has 5 nitrogen and oxygen atoms in total. The molecule has 0 aromatic rings. The van der Waals surface area contributed by atoms with Crippen molar-refractivity contribution < 1.29 is 23.8 Å². The van der Waals surface area contributed by atoms with Crippen molar-refractivity contribution in [3.05, 3.63) is 0 Å². The fourth-order valence-electron chi connectivity index (χ4n) is 10.4. The molecule has 4 saturated carbocycles. The smallest absolute Gasteiger partial charge is 0.304 e. The highest BCUT2D eigenvalue weighted by atomic mass is 35.5. The highest BCUT2D eigenvalue weighted by Gasteiger charge is 2.77.